The van der Waals surface area contributed by atoms with Crippen molar-refractivity contribution in [3.63, 3.8) is 0 Å². The Morgan fingerprint density at radius 2 is 1.96 bits per heavy atom. The number of anilines is 1. The van der Waals surface area contributed by atoms with Crippen molar-refractivity contribution in [2.45, 2.75) is 31.7 Å². The number of nitrogens with zero attached hydrogens (tertiary/aromatic N) is 5. The lowest BCUT2D eigenvalue weighted by molar-refractivity contribution is -0.137. The molecule has 0 spiro atoms. The van der Waals surface area contributed by atoms with Crippen LogP contribution >= 0.6 is 11.3 Å². The van der Waals surface area contributed by atoms with Crippen molar-refractivity contribution in [2.24, 2.45) is 5.92 Å². The van der Waals surface area contributed by atoms with Crippen molar-refractivity contribution in [1.29, 1.82) is 0 Å². The van der Waals surface area contributed by atoms with Crippen LogP contribution in [0.15, 0.2) is 29.6 Å². The smallest absolute Gasteiger partial charge is 0.227 e. The molecule has 4 heterocycles. The van der Waals surface area contributed by atoms with Crippen LogP contribution in [0, 0.1) is 5.92 Å². The lowest BCUT2D eigenvalue weighted by Crippen LogP contribution is -2.49. The Morgan fingerprint density at radius 1 is 1.14 bits per heavy atom. The first-order valence-electron chi connectivity index (χ1n) is 10.2. The fraction of sp³-hybridized carbons (Fsp3) is 0.571. The van der Waals surface area contributed by atoms with Crippen molar-refractivity contribution >= 4 is 23.1 Å². The highest BCUT2D eigenvalue weighted by atomic mass is 32.1. The number of aromatic nitrogens is 2. The molecule has 1 atom stereocenters. The van der Waals surface area contributed by atoms with Gasteiger partial charge in [-0.2, -0.15) is 0 Å². The number of carbonyl (C=O) groups is 1. The van der Waals surface area contributed by atoms with Gasteiger partial charge in [-0.15, -0.1) is 21.5 Å². The molecule has 7 heteroatoms. The van der Waals surface area contributed by atoms with Gasteiger partial charge in [-0.25, -0.2) is 0 Å². The van der Waals surface area contributed by atoms with E-state index in [1.807, 2.05) is 35.5 Å². The fourth-order valence-corrected chi connectivity index (χ4v) is 4.98. The van der Waals surface area contributed by atoms with Gasteiger partial charge in [0.2, 0.25) is 5.91 Å². The van der Waals surface area contributed by atoms with Gasteiger partial charge in [0.05, 0.1) is 10.8 Å². The van der Waals surface area contributed by atoms with Crippen LogP contribution in [-0.2, 0) is 4.79 Å². The molecule has 0 saturated carbocycles. The maximum atomic E-state index is 13.1. The number of hydrogen-bond donors (Lipinski definition) is 0. The summed E-state index contributed by atoms with van der Waals surface area (Å²) in [6, 6.07) is 8.53. The predicted molar refractivity (Wildman–Crippen MR) is 114 cm³/mol. The number of hydrogen-bond acceptors (Lipinski definition) is 6. The Hall–Kier alpha value is -1.99. The van der Waals surface area contributed by atoms with Gasteiger partial charge in [0.1, 0.15) is 5.69 Å². The summed E-state index contributed by atoms with van der Waals surface area (Å²) in [5.41, 5.74) is 0.908. The van der Waals surface area contributed by atoms with Crippen LogP contribution in [0.1, 0.15) is 25.7 Å². The molecule has 2 aliphatic heterocycles. The Labute approximate surface area is 171 Å². The van der Waals surface area contributed by atoms with Gasteiger partial charge < -0.3 is 14.7 Å². The van der Waals surface area contributed by atoms with Gasteiger partial charge in [0, 0.05) is 26.2 Å². The molecule has 1 amide bonds. The van der Waals surface area contributed by atoms with E-state index < -0.39 is 0 Å². The standard InChI is InChI=1S/C21H29N5OS/c1-24-12-9-17(10-13-24)25(2)21(27)16-5-3-11-26(15-16)20-8-7-18(22-23-20)19-6-4-14-28-19/h4,6-8,14,16-17H,3,5,9-13,15H2,1-2H3. The highest BCUT2D eigenvalue weighted by Crippen LogP contribution is 2.27. The zero-order valence-corrected chi connectivity index (χ0v) is 17.6. The first-order valence-corrected chi connectivity index (χ1v) is 11.1. The number of carbonyl (C=O) groups excluding carboxylic acids is 1. The van der Waals surface area contributed by atoms with Gasteiger partial charge in [-0.05, 0) is 69.4 Å². The molecule has 0 N–H and O–H groups in total. The summed E-state index contributed by atoms with van der Waals surface area (Å²) >= 11 is 1.67. The number of likely N-dealkylation sites (tertiary alicyclic amines) is 1. The number of amides is 1. The van der Waals surface area contributed by atoms with Crippen molar-refractivity contribution in [2.75, 3.05) is 45.2 Å². The minimum absolute atomic E-state index is 0.0529. The quantitative estimate of drug-likeness (QED) is 0.791. The van der Waals surface area contributed by atoms with Crippen molar-refractivity contribution < 1.29 is 4.79 Å². The SMILES string of the molecule is CN1CCC(N(C)C(=O)C2CCCN(c3ccc(-c4cccs4)nn3)C2)CC1. The molecule has 6 nitrogen and oxygen atoms in total. The van der Waals surface area contributed by atoms with E-state index in [4.69, 9.17) is 0 Å². The lowest BCUT2D eigenvalue weighted by Gasteiger charge is -2.39. The van der Waals surface area contributed by atoms with E-state index in [2.05, 4.69) is 33.1 Å². The Kier molecular flexibility index (Phi) is 5.92. The molecule has 28 heavy (non-hydrogen) atoms. The molecular weight excluding hydrogens is 370 g/mol. The number of rotatable bonds is 4. The van der Waals surface area contributed by atoms with E-state index in [0.29, 0.717) is 11.9 Å². The van der Waals surface area contributed by atoms with Crippen LogP contribution in [0.2, 0.25) is 0 Å². The zero-order chi connectivity index (χ0) is 19.5. The van der Waals surface area contributed by atoms with Gasteiger partial charge in [-0.1, -0.05) is 6.07 Å². The average Bonchev–Trinajstić information content (AvgIpc) is 3.28. The third-order valence-corrected chi connectivity index (χ3v) is 6.99. The molecule has 150 valence electrons. The minimum Gasteiger partial charge on any atom is -0.354 e. The second kappa shape index (κ2) is 8.57. The third-order valence-electron chi connectivity index (χ3n) is 6.10. The normalized spacial score (nSPS) is 21.6. The molecule has 1 unspecified atom stereocenters. The van der Waals surface area contributed by atoms with E-state index >= 15 is 0 Å². The van der Waals surface area contributed by atoms with Crippen LogP contribution in [0.5, 0.6) is 0 Å². The molecule has 0 aromatic carbocycles. The highest BCUT2D eigenvalue weighted by Gasteiger charge is 2.32. The molecule has 0 aliphatic carbocycles. The van der Waals surface area contributed by atoms with Gasteiger partial charge in [0.25, 0.3) is 0 Å². The van der Waals surface area contributed by atoms with Crippen LogP contribution < -0.4 is 4.90 Å². The third kappa shape index (κ3) is 4.20. The van der Waals surface area contributed by atoms with Crippen LogP contribution in [0.3, 0.4) is 0 Å². The number of piperidine rings is 2. The molecule has 2 aliphatic rings. The number of thiophene rings is 1. The van der Waals surface area contributed by atoms with Gasteiger partial charge >= 0.3 is 0 Å². The second-order valence-corrected chi connectivity index (χ2v) is 8.97. The summed E-state index contributed by atoms with van der Waals surface area (Å²) in [4.78, 5) is 20.8. The van der Waals surface area contributed by atoms with Crippen molar-refractivity contribution in [1.82, 2.24) is 20.0 Å². The first kappa shape index (κ1) is 19.3. The lowest BCUT2D eigenvalue weighted by atomic mass is 9.94. The highest BCUT2D eigenvalue weighted by molar-refractivity contribution is 7.13. The first-order chi connectivity index (χ1) is 13.6. The predicted octanol–water partition coefficient (Wildman–Crippen LogP) is 2.97. The molecule has 2 aromatic heterocycles. The summed E-state index contributed by atoms with van der Waals surface area (Å²) in [5.74, 6) is 1.22. The Balaban J connectivity index is 1.39. The maximum Gasteiger partial charge on any atom is 0.227 e. The molecule has 2 fully saturated rings. The van der Waals surface area contributed by atoms with E-state index in [9.17, 15) is 4.79 Å². The van der Waals surface area contributed by atoms with Crippen molar-refractivity contribution in [3.8, 4) is 10.6 Å². The van der Waals surface area contributed by atoms with E-state index in [0.717, 1.165) is 68.3 Å². The van der Waals surface area contributed by atoms with Crippen LogP contribution in [0.4, 0.5) is 5.82 Å². The van der Waals surface area contributed by atoms with Gasteiger partial charge in [-0.3, -0.25) is 4.79 Å². The van der Waals surface area contributed by atoms with Crippen LogP contribution in [0.25, 0.3) is 10.6 Å². The summed E-state index contributed by atoms with van der Waals surface area (Å²) in [7, 11) is 4.15. The van der Waals surface area contributed by atoms with Crippen molar-refractivity contribution in [3.05, 3.63) is 29.6 Å². The zero-order valence-electron chi connectivity index (χ0n) is 16.8. The monoisotopic (exact) mass is 399 g/mol. The maximum absolute atomic E-state index is 13.1. The average molecular weight is 400 g/mol. The molecule has 2 aromatic rings. The van der Waals surface area contributed by atoms with E-state index in [1.54, 1.807) is 11.3 Å². The largest absolute Gasteiger partial charge is 0.354 e. The molecule has 4 rings (SSSR count). The molecule has 2 saturated heterocycles. The topological polar surface area (TPSA) is 52.6 Å². The molecule has 0 radical (unpaired) electrons. The summed E-state index contributed by atoms with van der Waals surface area (Å²) in [5, 5.41) is 10.9. The van der Waals surface area contributed by atoms with Gasteiger partial charge in [0.15, 0.2) is 5.82 Å². The Morgan fingerprint density at radius 3 is 2.64 bits per heavy atom. The minimum atomic E-state index is 0.0529. The molecule has 0 bridgehead atoms. The second-order valence-electron chi connectivity index (χ2n) is 8.02. The fourth-order valence-electron chi connectivity index (χ4n) is 4.29. The summed E-state index contributed by atoms with van der Waals surface area (Å²) in [6.45, 7) is 3.83. The van der Waals surface area contributed by atoms with E-state index in [1.165, 1.54) is 0 Å². The summed E-state index contributed by atoms with van der Waals surface area (Å²) < 4.78 is 0. The summed E-state index contributed by atoms with van der Waals surface area (Å²) in [6.07, 6.45) is 4.13. The molecular formula is C21H29N5OS. The van der Waals surface area contributed by atoms with Crippen LogP contribution in [-0.4, -0.2) is 72.2 Å². The Bertz CT molecular complexity index is 771. The van der Waals surface area contributed by atoms with E-state index in [-0.39, 0.29) is 5.92 Å².